The largest absolute Gasteiger partial charge is 0.334 e. The molecule has 5 rings (SSSR count). The average Bonchev–Trinajstić information content (AvgIpc) is 2.87. The first-order valence-corrected chi connectivity index (χ1v) is 12.6. The number of rotatable bonds is 4. The monoisotopic (exact) mass is 458 g/mol. The van der Waals surface area contributed by atoms with Gasteiger partial charge in [-0.3, -0.25) is 14.2 Å². The summed E-state index contributed by atoms with van der Waals surface area (Å²) in [4.78, 5) is 33.4. The Morgan fingerprint density at radius 2 is 1.91 bits per heavy atom. The average molecular weight is 459 g/mol. The molecule has 0 atom stereocenters. The zero-order valence-electron chi connectivity index (χ0n) is 18.5. The topological polar surface area (TPSA) is 79.0 Å². The van der Waals surface area contributed by atoms with E-state index in [1.165, 1.54) is 29.3 Å². The van der Waals surface area contributed by atoms with Crippen LogP contribution in [0.25, 0.3) is 10.9 Å². The van der Waals surface area contributed by atoms with Gasteiger partial charge in [0, 0.05) is 24.7 Å². The summed E-state index contributed by atoms with van der Waals surface area (Å²) in [5.74, 6) is 0.187. The lowest BCUT2D eigenvalue weighted by molar-refractivity contribution is 0.0735. The molecule has 6 nitrogen and oxygen atoms in total. The SMILES string of the molecule is N#CCSc1nc2cc(C(=O)N3CCc4ccccc4C3)ccc2c(=O)n1C1CCCCC1. The first kappa shape index (κ1) is 21.7. The van der Waals surface area contributed by atoms with Crippen molar-refractivity contribution in [2.45, 2.75) is 56.3 Å². The minimum Gasteiger partial charge on any atom is -0.334 e. The Kier molecular flexibility index (Phi) is 6.19. The van der Waals surface area contributed by atoms with Crippen molar-refractivity contribution in [3.8, 4) is 6.07 Å². The first-order valence-electron chi connectivity index (χ1n) is 11.6. The number of carbonyl (C=O) groups excluding carboxylic acids is 1. The fourth-order valence-corrected chi connectivity index (χ4v) is 5.75. The van der Waals surface area contributed by atoms with Crippen molar-refractivity contribution < 1.29 is 4.79 Å². The van der Waals surface area contributed by atoms with E-state index in [4.69, 9.17) is 10.2 Å². The number of hydrogen-bond donors (Lipinski definition) is 0. The number of benzene rings is 2. The number of thioether (sulfide) groups is 1. The van der Waals surface area contributed by atoms with Crippen molar-refractivity contribution in [3.63, 3.8) is 0 Å². The Morgan fingerprint density at radius 3 is 2.70 bits per heavy atom. The molecule has 0 N–H and O–H groups in total. The third-order valence-electron chi connectivity index (χ3n) is 6.74. The van der Waals surface area contributed by atoms with Crippen LogP contribution in [0.3, 0.4) is 0 Å². The van der Waals surface area contributed by atoms with Crippen LogP contribution in [0, 0.1) is 11.3 Å². The molecular weight excluding hydrogens is 432 g/mol. The van der Waals surface area contributed by atoms with E-state index in [2.05, 4.69) is 18.2 Å². The number of fused-ring (bicyclic) bond motifs is 2. The van der Waals surface area contributed by atoms with Gasteiger partial charge in [0.2, 0.25) is 0 Å². The van der Waals surface area contributed by atoms with Gasteiger partial charge >= 0.3 is 0 Å². The van der Waals surface area contributed by atoms with Gasteiger partial charge in [0.05, 0.1) is 22.7 Å². The van der Waals surface area contributed by atoms with Gasteiger partial charge in [0.1, 0.15) is 0 Å². The quantitative estimate of drug-likeness (QED) is 0.418. The van der Waals surface area contributed by atoms with E-state index in [0.29, 0.717) is 34.7 Å². The predicted molar refractivity (Wildman–Crippen MR) is 129 cm³/mol. The molecule has 1 aromatic heterocycles. The Bertz CT molecular complexity index is 1300. The molecule has 0 spiro atoms. The molecule has 1 saturated carbocycles. The van der Waals surface area contributed by atoms with Crippen molar-refractivity contribution >= 4 is 28.6 Å². The lowest BCUT2D eigenvalue weighted by Crippen LogP contribution is -2.36. The van der Waals surface area contributed by atoms with Crippen LogP contribution in [0.2, 0.25) is 0 Å². The number of nitriles is 1. The fraction of sp³-hybridized carbons (Fsp3) is 0.385. The molecule has 7 heteroatoms. The van der Waals surface area contributed by atoms with Gasteiger partial charge in [-0.25, -0.2) is 4.98 Å². The highest BCUT2D eigenvalue weighted by molar-refractivity contribution is 7.99. The molecule has 33 heavy (non-hydrogen) atoms. The summed E-state index contributed by atoms with van der Waals surface area (Å²) in [6.45, 7) is 1.26. The molecule has 2 aliphatic rings. The second-order valence-corrected chi connectivity index (χ2v) is 9.73. The van der Waals surface area contributed by atoms with Gasteiger partial charge < -0.3 is 4.90 Å². The zero-order chi connectivity index (χ0) is 22.8. The maximum atomic E-state index is 13.5. The zero-order valence-corrected chi connectivity index (χ0v) is 19.3. The molecule has 1 fully saturated rings. The van der Waals surface area contributed by atoms with E-state index in [9.17, 15) is 9.59 Å². The van der Waals surface area contributed by atoms with Gasteiger partial charge in [-0.15, -0.1) is 0 Å². The number of aromatic nitrogens is 2. The van der Waals surface area contributed by atoms with Crippen LogP contribution in [0.5, 0.6) is 0 Å². The fourth-order valence-electron chi connectivity index (χ4n) is 5.02. The van der Waals surface area contributed by atoms with Crippen LogP contribution in [0.15, 0.2) is 52.4 Å². The standard InChI is InChI=1S/C26H26N4O2S/c27-13-15-33-26-28-23-16-19(24(31)29-14-12-18-6-4-5-7-20(18)17-29)10-11-22(23)25(32)30(26)21-8-2-1-3-9-21/h4-7,10-11,16,21H,1-3,8-9,12,14-15,17H2. The molecule has 1 aliphatic carbocycles. The van der Waals surface area contributed by atoms with Gasteiger partial charge in [-0.05, 0) is 48.6 Å². The molecule has 1 amide bonds. The molecule has 0 radical (unpaired) electrons. The summed E-state index contributed by atoms with van der Waals surface area (Å²) >= 11 is 1.30. The summed E-state index contributed by atoms with van der Waals surface area (Å²) in [5.41, 5.74) is 3.47. The van der Waals surface area contributed by atoms with E-state index >= 15 is 0 Å². The molecular formula is C26H26N4O2S. The normalized spacial score (nSPS) is 16.4. The Hall–Kier alpha value is -3.11. The Labute approximate surface area is 197 Å². The number of nitrogens with zero attached hydrogens (tertiary/aromatic N) is 4. The van der Waals surface area contributed by atoms with Crippen molar-refractivity contribution in [2.75, 3.05) is 12.3 Å². The Morgan fingerprint density at radius 1 is 1.12 bits per heavy atom. The summed E-state index contributed by atoms with van der Waals surface area (Å²) in [6.07, 6.45) is 6.16. The summed E-state index contributed by atoms with van der Waals surface area (Å²) in [7, 11) is 0. The summed E-state index contributed by atoms with van der Waals surface area (Å²) in [6, 6.07) is 15.7. The summed E-state index contributed by atoms with van der Waals surface area (Å²) < 4.78 is 1.80. The molecule has 2 heterocycles. The van der Waals surface area contributed by atoms with Crippen molar-refractivity contribution in [1.29, 1.82) is 5.26 Å². The van der Waals surface area contributed by atoms with Gasteiger partial charge in [-0.2, -0.15) is 5.26 Å². The summed E-state index contributed by atoms with van der Waals surface area (Å²) in [5, 5.41) is 10.2. The maximum absolute atomic E-state index is 13.5. The molecule has 2 aromatic carbocycles. The van der Waals surface area contributed by atoms with Crippen molar-refractivity contribution in [3.05, 3.63) is 69.5 Å². The Balaban J connectivity index is 1.50. The molecule has 0 unspecified atom stereocenters. The number of carbonyl (C=O) groups is 1. The maximum Gasteiger partial charge on any atom is 0.262 e. The van der Waals surface area contributed by atoms with Gasteiger partial charge in [0.15, 0.2) is 5.16 Å². The van der Waals surface area contributed by atoms with Crippen LogP contribution >= 0.6 is 11.8 Å². The first-order chi connectivity index (χ1) is 16.2. The van der Waals surface area contributed by atoms with Crippen LogP contribution in [0.4, 0.5) is 0 Å². The van der Waals surface area contributed by atoms with E-state index < -0.39 is 0 Å². The third kappa shape index (κ3) is 4.28. The van der Waals surface area contributed by atoms with Crippen LogP contribution in [0.1, 0.15) is 59.6 Å². The number of hydrogen-bond acceptors (Lipinski definition) is 5. The predicted octanol–water partition coefficient (Wildman–Crippen LogP) is 4.72. The highest BCUT2D eigenvalue weighted by atomic mass is 32.2. The van der Waals surface area contributed by atoms with Crippen molar-refractivity contribution in [1.82, 2.24) is 14.5 Å². The molecule has 0 bridgehead atoms. The molecule has 168 valence electrons. The second kappa shape index (κ2) is 9.40. The van der Waals surface area contributed by atoms with Gasteiger partial charge in [-0.1, -0.05) is 55.3 Å². The van der Waals surface area contributed by atoms with Gasteiger partial charge in [0.25, 0.3) is 11.5 Å². The van der Waals surface area contributed by atoms with E-state index in [-0.39, 0.29) is 23.3 Å². The van der Waals surface area contributed by atoms with E-state index in [1.807, 2.05) is 17.0 Å². The minimum absolute atomic E-state index is 0.0455. The minimum atomic E-state index is -0.0711. The van der Waals surface area contributed by atoms with E-state index in [0.717, 1.165) is 32.1 Å². The third-order valence-corrected chi connectivity index (χ3v) is 7.56. The molecule has 0 saturated heterocycles. The van der Waals surface area contributed by atoms with Crippen LogP contribution in [-0.4, -0.2) is 32.7 Å². The number of amides is 1. The van der Waals surface area contributed by atoms with Crippen LogP contribution in [-0.2, 0) is 13.0 Å². The lowest BCUT2D eigenvalue weighted by atomic mass is 9.95. The molecule has 3 aromatic rings. The van der Waals surface area contributed by atoms with Crippen LogP contribution < -0.4 is 5.56 Å². The molecule has 1 aliphatic heterocycles. The smallest absolute Gasteiger partial charge is 0.262 e. The van der Waals surface area contributed by atoms with E-state index in [1.54, 1.807) is 22.8 Å². The highest BCUT2D eigenvalue weighted by Gasteiger charge is 2.24. The second-order valence-electron chi connectivity index (χ2n) is 8.79. The lowest BCUT2D eigenvalue weighted by Gasteiger charge is -2.29. The van der Waals surface area contributed by atoms with Crippen molar-refractivity contribution in [2.24, 2.45) is 0 Å². The highest BCUT2D eigenvalue weighted by Crippen LogP contribution is 2.31.